The summed E-state index contributed by atoms with van der Waals surface area (Å²) < 4.78 is 11.1. The van der Waals surface area contributed by atoms with Gasteiger partial charge in [-0.05, 0) is 36.6 Å². The molecule has 0 radical (unpaired) electrons. The lowest BCUT2D eigenvalue weighted by Gasteiger charge is -2.23. The van der Waals surface area contributed by atoms with Crippen molar-refractivity contribution in [2.45, 2.75) is 26.5 Å². The number of nitrogens with zero attached hydrogens (tertiary/aromatic N) is 3. The SMILES string of the molecule is COCc1ccc(-c2c(C)c(Cl)cc(C(C)Nc3ncnc4nc[nH]c34)c2OC)cc1. The van der Waals surface area contributed by atoms with Crippen molar-refractivity contribution in [1.29, 1.82) is 0 Å². The van der Waals surface area contributed by atoms with E-state index in [4.69, 9.17) is 21.1 Å². The number of hydrogen-bond donors (Lipinski definition) is 2. The van der Waals surface area contributed by atoms with Crippen LogP contribution in [0.2, 0.25) is 5.02 Å². The van der Waals surface area contributed by atoms with E-state index in [1.165, 1.54) is 6.33 Å². The fourth-order valence-corrected chi connectivity index (χ4v) is 3.94. The smallest absolute Gasteiger partial charge is 0.182 e. The Morgan fingerprint density at radius 2 is 1.90 bits per heavy atom. The highest BCUT2D eigenvalue weighted by Gasteiger charge is 2.22. The molecule has 4 rings (SSSR count). The van der Waals surface area contributed by atoms with E-state index in [-0.39, 0.29) is 6.04 Å². The third-order valence-electron chi connectivity index (χ3n) is 5.31. The molecule has 0 saturated carbocycles. The predicted molar refractivity (Wildman–Crippen MR) is 123 cm³/mol. The van der Waals surface area contributed by atoms with Gasteiger partial charge in [0.25, 0.3) is 0 Å². The normalized spacial score (nSPS) is 12.2. The Kier molecular flexibility index (Phi) is 6.06. The highest BCUT2D eigenvalue weighted by atomic mass is 35.5. The molecular formula is C23H24ClN5O2. The van der Waals surface area contributed by atoms with Crippen molar-refractivity contribution in [3.63, 3.8) is 0 Å². The van der Waals surface area contributed by atoms with E-state index in [0.717, 1.165) is 39.1 Å². The monoisotopic (exact) mass is 437 g/mol. The van der Waals surface area contributed by atoms with E-state index in [9.17, 15) is 0 Å². The van der Waals surface area contributed by atoms with Gasteiger partial charge >= 0.3 is 0 Å². The molecular weight excluding hydrogens is 414 g/mol. The summed E-state index contributed by atoms with van der Waals surface area (Å²) in [5.74, 6) is 1.44. The first kappa shape index (κ1) is 21.1. The van der Waals surface area contributed by atoms with Crippen molar-refractivity contribution < 1.29 is 9.47 Å². The zero-order chi connectivity index (χ0) is 22.0. The van der Waals surface area contributed by atoms with Crippen LogP contribution in [0.15, 0.2) is 43.0 Å². The van der Waals surface area contributed by atoms with Crippen molar-refractivity contribution in [1.82, 2.24) is 19.9 Å². The molecule has 0 saturated heterocycles. The summed E-state index contributed by atoms with van der Waals surface area (Å²) in [6, 6.07) is 10.0. The van der Waals surface area contributed by atoms with Gasteiger partial charge in [-0.15, -0.1) is 0 Å². The molecule has 0 aliphatic carbocycles. The van der Waals surface area contributed by atoms with Gasteiger partial charge in [-0.25, -0.2) is 15.0 Å². The molecule has 0 aliphatic rings. The summed E-state index contributed by atoms with van der Waals surface area (Å²) in [5.41, 5.74) is 6.36. The van der Waals surface area contributed by atoms with Crippen LogP contribution < -0.4 is 10.1 Å². The number of benzene rings is 2. The molecule has 4 aromatic rings. The van der Waals surface area contributed by atoms with Crippen molar-refractivity contribution >= 4 is 28.6 Å². The minimum absolute atomic E-state index is 0.138. The molecule has 2 N–H and O–H groups in total. The van der Waals surface area contributed by atoms with Gasteiger partial charge in [0.2, 0.25) is 0 Å². The first-order valence-electron chi connectivity index (χ1n) is 9.89. The van der Waals surface area contributed by atoms with Gasteiger partial charge in [0, 0.05) is 23.3 Å². The average Bonchev–Trinajstić information content (AvgIpc) is 3.26. The van der Waals surface area contributed by atoms with Crippen LogP contribution in [0, 0.1) is 6.92 Å². The molecule has 0 bridgehead atoms. The number of halogens is 1. The molecule has 7 nitrogen and oxygen atoms in total. The van der Waals surface area contributed by atoms with Crippen LogP contribution >= 0.6 is 11.6 Å². The molecule has 0 spiro atoms. The van der Waals surface area contributed by atoms with Crippen LogP contribution in [0.3, 0.4) is 0 Å². The van der Waals surface area contributed by atoms with Gasteiger partial charge in [-0.3, -0.25) is 0 Å². The van der Waals surface area contributed by atoms with Gasteiger partial charge in [-0.2, -0.15) is 0 Å². The maximum absolute atomic E-state index is 6.66. The molecule has 8 heteroatoms. The molecule has 1 unspecified atom stereocenters. The van der Waals surface area contributed by atoms with E-state index in [1.807, 2.05) is 19.9 Å². The third kappa shape index (κ3) is 4.06. The van der Waals surface area contributed by atoms with Gasteiger partial charge in [0.15, 0.2) is 11.5 Å². The highest BCUT2D eigenvalue weighted by molar-refractivity contribution is 6.32. The Bertz CT molecular complexity index is 1210. The Hall–Kier alpha value is -3.16. The Morgan fingerprint density at radius 3 is 2.61 bits per heavy atom. The van der Waals surface area contributed by atoms with E-state index in [0.29, 0.717) is 23.1 Å². The Labute approximate surface area is 185 Å². The molecule has 160 valence electrons. The van der Waals surface area contributed by atoms with E-state index in [1.54, 1.807) is 20.5 Å². The number of methoxy groups -OCH3 is 2. The molecule has 0 amide bonds. The lowest BCUT2D eigenvalue weighted by atomic mass is 9.93. The summed E-state index contributed by atoms with van der Waals surface area (Å²) in [7, 11) is 3.37. The molecule has 2 aromatic heterocycles. The molecule has 0 fully saturated rings. The second kappa shape index (κ2) is 8.91. The first-order chi connectivity index (χ1) is 15.0. The number of rotatable bonds is 7. The molecule has 0 aliphatic heterocycles. The van der Waals surface area contributed by atoms with Crippen LogP contribution in [-0.4, -0.2) is 34.2 Å². The minimum atomic E-state index is -0.138. The summed E-state index contributed by atoms with van der Waals surface area (Å²) in [6.45, 7) is 4.61. The van der Waals surface area contributed by atoms with Crippen LogP contribution in [0.4, 0.5) is 5.82 Å². The second-order valence-electron chi connectivity index (χ2n) is 7.30. The van der Waals surface area contributed by atoms with Crippen molar-refractivity contribution in [2.24, 2.45) is 0 Å². The van der Waals surface area contributed by atoms with Gasteiger partial charge in [0.1, 0.15) is 17.6 Å². The highest BCUT2D eigenvalue weighted by Crippen LogP contribution is 2.43. The third-order valence-corrected chi connectivity index (χ3v) is 5.70. The maximum Gasteiger partial charge on any atom is 0.182 e. The zero-order valence-corrected chi connectivity index (χ0v) is 18.6. The fraction of sp³-hybridized carbons (Fsp3) is 0.261. The number of imidazole rings is 1. The Morgan fingerprint density at radius 1 is 1.13 bits per heavy atom. The molecule has 2 aromatic carbocycles. The zero-order valence-electron chi connectivity index (χ0n) is 17.9. The predicted octanol–water partition coefficient (Wildman–Crippen LogP) is 5.31. The number of aromatic amines is 1. The number of nitrogens with one attached hydrogen (secondary N) is 2. The summed E-state index contributed by atoms with van der Waals surface area (Å²) in [6.07, 6.45) is 3.09. The molecule has 31 heavy (non-hydrogen) atoms. The Balaban J connectivity index is 1.76. The number of fused-ring (bicyclic) bond motifs is 1. The minimum Gasteiger partial charge on any atom is -0.496 e. The van der Waals surface area contributed by atoms with E-state index >= 15 is 0 Å². The van der Waals surface area contributed by atoms with Gasteiger partial charge in [-0.1, -0.05) is 35.9 Å². The number of hydrogen-bond acceptors (Lipinski definition) is 6. The fourth-order valence-electron chi connectivity index (χ4n) is 3.73. The first-order valence-corrected chi connectivity index (χ1v) is 10.3. The summed E-state index contributed by atoms with van der Waals surface area (Å²) >= 11 is 6.66. The number of aromatic nitrogens is 4. The molecule has 2 heterocycles. The topological polar surface area (TPSA) is 85.0 Å². The van der Waals surface area contributed by atoms with Crippen LogP contribution in [-0.2, 0) is 11.3 Å². The lowest BCUT2D eigenvalue weighted by molar-refractivity contribution is 0.185. The average molecular weight is 438 g/mol. The standard InChI is InChI=1S/C23H24ClN5O2/c1-13-18(24)9-17(14(2)29-23-20-22(26-11-25-20)27-12-28-23)21(31-4)19(13)16-7-5-15(6-8-16)10-30-3/h5-9,11-12,14H,10H2,1-4H3,(H2,25,26,27,28,29). The lowest BCUT2D eigenvalue weighted by Crippen LogP contribution is -2.11. The van der Waals surface area contributed by atoms with Crippen LogP contribution in [0.1, 0.15) is 29.7 Å². The number of anilines is 1. The van der Waals surface area contributed by atoms with E-state index in [2.05, 4.69) is 49.5 Å². The largest absolute Gasteiger partial charge is 0.496 e. The van der Waals surface area contributed by atoms with Gasteiger partial charge in [0.05, 0.1) is 26.1 Å². The number of ether oxygens (including phenoxy) is 2. The molecule has 1 atom stereocenters. The maximum atomic E-state index is 6.66. The van der Waals surface area contributed by atoms with Crippen LogP contribution in [0.25, 0.3) is 22.3 Å². The van der Waals surface area contributed by atoms with Crippen molar-refractivity contribution in [3.8, 4) is 16.9 Å². The van der Waals surface area contributed by atoms with Gasteiger partial charge < -0.3 is 19.8 Å². The van der Waals surface area contributed by atoms with Crippen molar-refractivity contribution in [3.05, 3.63) is 64.7 Å². The van der Waals surface area contributed by atoms with E-state index < -0.39 is 0 Å². The number of H-pyrrole nitrogens is 1. The second-order valence-corrected chi connectivity index (χ2v) is 7.71. The van der Waals surface area contributed by atoms with Crippen LogP contribution in [0.5, 0.6) is 5.75 Å². The summed E-state index contributed by atoms with van der Waals surface area (Å²) in [5, 5.41) is 4.11. The summed E-state index contributed by atoms with van der Waals surface area (Å²) in [4.78, 5) is 15.8. The quantitative estimate of drug-likeness (QED) is 0.407. The van der Waals surface area contributed by atoms with Crippen molar-refractivity contribution in [2.75, 3.05) is 19.5 Å².